The molecule has 0 radical (unpaired) electrons. The van der Waals surface area contributed by atoms with Crippen LogP contribution in [0.5, 0.6) is 0 Å². The van der Waals surface area contributed by atoms with E-state index in [1.165, 1.54) is 29.7 Å². The van der Waals surface area contributed by atoms with E-state index in [1.807, 2.05) is 17.0 Å². The second-order valence-corrected chi connectivity index (χ2v) is 9.46. The molecule has 1 atom stereocenters. The van der Waals surface area contributed by atoms with E-state index in [-0.39, 0.29) is 17.6 Å². The van der Waals surface area contributed by atoms with Gasteiger partial charge in [-0.15, -0.1) is 0 Å². The van der Waals surface area contributed by atoms with Crippen molar-refractivity contribution in [1.82, 2.24) is 9.47 Å². The number of hydrogen-bond acceptors (Lipinski definition) is 1. The Morgan fingerprint density at radius 1 is 0.912 bits per heavy atom. The highest BCUT2D eigenvalue weighted by molar-refractivity contribution is 5.87. The molecule has 0 saturated carbocycles. The van der Waals surface area contributed by atoms with Crippen molar-refractivity contribution < 1.29 is 9.18 Å². The SMILES string of the molecule is Cc1ccc(Cn2cc(C(CC(=O)N3CCCCC3)c3ccc(F)cc3)c3ccccc32)cc1. The molecule has 174 valence electrons. The molecule has 0 bridgehead atoms. The van der Waals surface area contributed by atoms with E-state index in [9.17, 15) is 9.18 Å². The van der Waals surface area contributed by atoms with Crippen LogP contribution in [0.2, 0.25) is 0 Å². The Bertz CT molecular complexity index is 1270. The number of rotatable bonds is 6. The summed E-state index contributed by atoms with van der Waals surface area (Å²) in [6, 6.07) is 23.7. The molecule has 3 nitrogen and oxygen atoms in total. The quantitative estimate of drug-likeness (QED) is 0.319. The molecule has 0 spiro atoms. The molecule has 4 aromatic rings. The lowest BCUT2D eigenvalue weighted by Gasteiger charge is -2.28. The molecule has 3 aromatic carbocycles. The Hall–Kier alpha value is -3.40. The third-order valence-corrected chi connectivity index (χ3v) is 7.03. The van der Waals surface area contributed by atoms with Crippen LogP contribution < -0.4 is 0 Å². The second kappa shape index (κ2) is 9.84. The molecule has 1 saturated heterocycles. The number of nitrogens with zero attached hydrogens (tertiary/aromatic N) is 2. The van der Waals surface area contributed by atoms with E-state index in [0.29, 0.717) is 6.42 Å². The lowest BCUT2D eigenvalue weighted by atomic mass is 9.87. The summed E-state index contributed by atoms with van der Waals surface area (Å²) in [5.74, 6) is -0.199. The van der Waals surface area contributed by atoms with Gasteiger partial charge in [-0.3, -0.25) is 4.79 Å². The van der Waals surface area contributed by atoms with Crippen molar-refractivity contribution in [3.8, 4) is 0 Å². The van der Waals surface area contributed by atoms with Crippen molar-refractivity contribution in [3.05, 3.63) is 107 Å². The van der Waals surface area contributed by atoms with Crippen molar-refractivity contribution in [2.24, 2.45) is 0 Å². The van der Waals surface area contributed by atoms with Crippen LogP contribution in [-0.4, -0.2) is 28.5 Å². The van der Waals surface area contributed by atoms with Gasteiger partial charge in [0.25, 0.3) is 0 Å². The molecular weight excluding hydrogens is 423 g/mol. The average Bonchev–Trinajstić information content (AvgIpc) is 3.23. The minimum absolute atomic E-state index is 0.126. The van der Waals surface area contributed by atoms with Gasteiger partial charge in [0.15, 0.2) is 0 Å². The van der Waals surface area contributed by atoms with Crippen LogP contribution in [0.3, 0.4) is 0 Å². The Labute approximate surface area is 200 Å². The average molecular weight is 455 g/mol. The lowest BCUT2D eigenvalue weighted by Crippen LogP contribution is -2.36. The van der Waals surface area contributed by atoms with Crippen molar-refractivity contribution in [3.63, 3.8) is 0 Å². The Morgan fingerprint density at radius 3 is 2.35 bits per heavy atom. The van der Waals surface area contributed by atoms with Crippen molar-refractivity contribution in [1.29, 1.82) is 0 Å². The highest BCUT2D eigenvalue weighted by Gasteiger charge is 2.26. The number of piperidine rings is 1. The summed E-state index contributed by atoms with van der Waals surface area (Å²) < 4.78 is 16.0. The second-order valence-electron chi connectivity index (χ2n) is 9.46. The highest BCUT2D eigenvalue weighted by Crippen LogP contribution is 2.36. The Morgan fingerprint density at radius 2 is 1.62 bits per heavy atom. The van der Waals surface area contributed by atoms with Gasteiger partial charge in [-0.2, -0.15) is 0 Å². The first-order chi connectivity index (χ1) is 16.6. The van der Waals surface area contributed by atoms with Gasteiger partial charge in [0.05, 0.1) is 0 Å². The fraction of sp³-hybridized carbons (Fsp3) is 0.300. The number of hydrogen-bond donors (Lipinski definition) is 0. The van der Waals surface area contributed by atoms with Crippen LogP contribution in [0.15, 0.2) is 79.0 Å². The number of carbonyl (C=O) groups is 1. The number of aromatic nitrogens is 1. The van der Waals surface area contributed by atoms with Gasteiger partial charge in [-0.1, -0.05) is 60.2 Å². The first kappa shape index (κ1) is 22.4. The molecular formula is C30H31FN2O. The van der Waals surface area contributed by atoms with Gasteiger partial charge in [0.1, 0.15) is 5.82 Å². The van der Waals surface area contributed by atoms with Gasteiger partial charge in [0, 0.05) is 49.1 Å². The summed E-state index contributed by atoms with van der Waals surface area (Å²) in [4.78, 5) is 15.3. The minimum atomic E-state index is -0.258. The number of halogens is 1. The van der Waals surface area contributed by atoms with Gasteiger partial charge in [0.2, 0.25) is 5.91 Å². The first-order valence-corrected chi connectivity index (χ1v) is 12.2. The maximum atomic E-state index is 13.8. The third kappa shape index (κ3) is 4.77. The number of amides is 1. The topological polar surface area (TPSA) is 25.2 Å². The van der Waals surface area contributed by atoms with E-state index in [2.05, 4.69) is 66.2 Å². The summed E-state index contributed by atoms with van der Waals surface area (Å²) >= 11 is 0. The van der Waals surface area contributed by atoms with E-state index < -0.39 is 0 Å². The van der Waals surface area contributed by atoms with E-state index in [1.54, 1.807) is 0 Å². The molecule has 5 rings (SSSR count). The van der Waals surface area contributed by atoms with Crippen molar-refractivity contribution >= 4 is 16.8 Å². The molecule has 34 heavy (non-hydrogen) atoms. The number of carbonyl (C=O) groups excluding carboxylic acids is 1. The molecule has 1 amide bonds. The smallest absolute Gasteiger partial charge is 0.223 e. The molecule has 1 aromatic heterocycles. The molecule has 1 fully saturated rings. The predicted molar refractivity (Wildman–Crippen MR) is 136 cm³/mol. The third-order valence-electron chi connectivity index (χ3n) is 7.03. The van der Waals surface area contributed by atoms with Crippen LogP contribution in [-0.2, 0) is 11.3 Å². The fourth-order valence-electron chi connectivity index (χ4n) is 5.12. The number of likely N-dealkylation sites (tertiary alicyclic amines) is 1. The first-order valence-electron chi connectivity index (χ1n) is 12.2. The van der Waals surface area contributed by atoms with E-state index >= 15 is 0 Å². The summed E-state index contributed by atoms with van der Waals surface area (Å²) in [7, 11) is 0. The summed E-state index contributed by atoms with van der Waals surface area (Å²) in [5.41, 5.74) is 5.73. The molecule has 0 N–H and O–H groups in total. The fourth-order valence-corrected chi connectivity index (χ4v) is 5.12. The monoisotopic (exact) mass is 454 g/mol. The largest absolute Gasteiger partial charge is 0.343 e. The molecule has 0 aliphatic carbocycles. The number of fused-ring (bicyclic) bond motifs is 1. The van der Waals surface area contributed by atoms with Crippen molar-refractivity contribution in [2.75, 3.05) is 13.1 Å². The predicted octanol–water partition coefficient (Wildman–Crippen LogP) is 6.67. The number of para-hydroxylation sites is 1. The zero-order valence-electron chi connectivity index (χ0n) is 19.7. The lowest BCUT2D eigenvalue weighted by molar-refractivity contribution is -0.132. The Kier molecular flexibility index (Phi) is 6.48. The highest BCUT2D eigenvalue weighted by atomic mass is 19.1. The zero-order valence-corrected chi connectivity index (χ0v) is 19.7. The maximum Gasteiger partial charge on any atom is 0.223 e. The van der Waals surface area contributed by atoms with Gasteiger partial charge < -0.3 is 9.47 Å². The zero-order chi connectivity index (χ0) is 23.5. The van der Waals surface area contributed by atoms with E-state index in [0.717, 1.165) is 54.5 Å². The minimum Gasteiger partial charge on any atom is -0.343 e. The van der Waals surface area contributed by atoms with Gasteiger partial charge >= 0.3 is 0 Å². The van der Waals surface area contributed by atoms with Crippen LogP contribution in [0.4, 0.5) is 4.39 Å². The van der Waals surface area contributed by atoms with Crippen LogP contribution >= 0.6 is 0 Å². The standard InChI is InChI=1S/C30H31FN2O/c1-22-9-11-23(12-10-22)20-33-21-28(26-7-3-4-8-29(26)33)27(24-13-15-25(31)16-14-24)19-30(34)32-17-5-2-6-18-32/h3-4,7-16,21,27H,2,5-6,17-20H2,1H3. The number of aryl methyl sites for hydroxylation is 1. The Balaban J connectivity index is 1.55. The number of benzene rings is 3. The summed E-state index contributed by atoms with van der Waals surface area (Å²) in [5, 5.41) is 1.15. The van der Waals surface area contributed by atoms with Gasteiger partial charge in [-0.25, -0.2) is 4.39 Å². The van der Waals surface area contributed by atoms with Crippen LogP contribution in [0.25, 0.3) is 10.9 Å². The van der Waals surface area contributed by atoms with Crippen LogP contribution in [0.1, 0.15) is 53.9 Å². The van der Waals surface area contributed by atoms with Crippen molar-refractivity contribution in [2.45, 2.75) is 45.1 Å². The van der Waals surface area contributed by atoms with Gasteiger partial charge in [-0.05, 0) is 61.1 Å². The normalized spacial score (nSPS) is 14.9. The molecule has 1 unspecified atom stereocenters. The maximum absolute atomic E-state index is 13.8. The molecule has 1 aliphatic rings. The van der Waals surface area contributed by atoms with Crippen LogP contribution in [0, 0.1) is 12.7 Å². The molecule has 2 heterocycles. The van der Waals surface area contributed by atoms with E-state index in [4.69, 9.17) is 0 Å². The molecule has 4 heteroatoms. The summed E-state index contributed by atoms with van der Waals surface area (Å²) in [6.07, 6.45) is 5.93. The molecule has 1 aliphatic heterocycles. The summed E-state index contributed by atoms with van der Waals surface area (Å²) in [6.45, 7) is 4.53.